The smallest absolute Gasteiger partial charge is 0.342 e. The minimum absolute atomic E-state index is 0.269. The van der Waals surface area contributed by atoms with Crippen molar-refractivity contribution in [2.45, 2.75) is 26.9 Å². The SMILES string of the molecule is Cc1cc(OCCN(C)C)c(N)cc1Nc1ncc(C(=O)OC(C)C)c(-c2cn(C)c3ccccc23)n1. The maximum absolute atomic E-state index is 13.0. The number of hydrogen-bond acceptors (Lipinski definition) is 8. The van der Waals surface area contributed by atoms with Crippen LogP contribution in [0.2, 0.25) is 0 Å². The van der Waals surface area contributed by atoms with E-state index in [9.17, 15) is 4.79 Å². The fraction of sp³-hybridized carbons (Fsp3) is 0.321. The van der Waals surface area contributed by atoms with E-state index < -0.39 is 5.97 Å². The summed E-state index contributed by atoms with van der Waals surface area (Å²) in [5.74, 6) is 0.506. The molecule has 4 rings (SSSR count). The molecule has 0 amide bonds. The molecule has 0 saturated heterocycles. The van der Waals surface area contributed by atoms with E-state index in [1.165, 1.54) is 6.20 Å². The van der Waals surface area contributed by atoms with Gasteiger partial charge in [-0.05, 0) is 58.6 Å². The van der Waals surface area contributed by atoms with Gasteiger partial charge in [-0.1, -0.05) is 18.2 Å². The van der Waals surface area contributed by atoms with Crippen molar-refractivity contribution in [1.82, 2.24) is 19.4 Å². The maximum Gasteiger partial charge on any atom is 0.342 e. The van der Waals surface area contributed by atoms with Gasteiger partial charge in [0.15, 0.2) is 0 Å². The number of rotatable bonds is 9. The Morgan fingerprint density at radius 2 is 1.97 bits per heavy atom. The molecule has 2 aromatic carbocycles. The van der Waals surface area contributed by atoms with Crippen LogP contribution in [0.1, 0.15) is 29.8 Å². The summed E-state index contributed by atoms with van der Waals surface area (Å²) in [5.41, 5.74) is 11.1. The average Bonchev–Trinajstić information content (AvgIpc) is 3.18. The fourth-order valence-electron chi connectivity index (χ4n) is 4.02. The number of hydrogen-bond donors (Lipinski definition) is 2. The van der Waals surface area contributed by atoms with E-state index in [1.807, 2.05) is 94.0 Å². The van der Waals surface area contributed by atoms with E-state index in [0.29, 0.717) is 35.2 Å². The van der Waals surface area contributed by atoms with Gasteiger partial charge in [-0.3, -0.25) is 0 Å². The van der Waals surface area contributed by atoms with E-state index in [-0.39, 0.29) is 6.10 Å². The first-order valence-corrected chi connectivity index (χ1v) is 12.2. The first kappa shape index (κ1) is 26.0. The van der Waals surface area contributed by atoms with E-state index in [0.717, 1.165) is 34.3 Å². The molecule has 37 heavy (non-hydrogen) atoms. The number of carbonyl (C=O) groups is 1. The molecule has 0 aliphatic rings. The number of nitrogens with zero attached hydrogens (tertiary/aromatic N) is 4. The summed E-state index contributed by atoms with van der Waals surface area (Å²) in [5, 5.41) is 4.24. The standard InChI is InChI=1S/C28H34N6O3/c1-17(2)37-27(35)20-15-30-28(32-26(20)21-16-34(6)24-10-8-7-9-19(21)24)31-23-14-22(29)25(13-18(23)3)36-12-11-33(4)5/h7-10,13-17H,11-12,29H2,1-6H3,(H,30,31,32). The Morgan fingerprint density at radius 1 is 1.22 bits per heavy atom. The highest BCUT2D eigenvalue weighted by atomic mass is 16.5. The third-order valence-corrected chi connectivity index (χ3v) is 5.90. The largest absolute Gasteiger partial charge is 0.490 e. The first-order chi connectivity index (χ1) is 17.6. The Hall–Kier alpha value is -4.11. The molecular weight excluding hydrogens is 468 g/mol. The van der Waals surface area contributed by atoms with Crippen molar-refractivity contribution in [3.8, 4) is 17.0 Å². The number of anilines is 3. The number of nitrogen functional groups attached to an aromatic ring is 1. The molecule has 0 radical (unpaired) electrons. The lowest BCUT2D eigenvalue weighted by atomic mass is 10.1. The zero-order valence-electron chi connectivity index (χ0n) is 22.2. The number of aromatic nitrogens is 3. The molecule has 0 unspecified atom stereocenters. The van der Waals surface area contributed by atoms with Crippen molar-refractivity contribution >= 4 is 34.2 Å². The van der Waals surface area contributed by atoms with Crippen LogP contribution in [0.5, 0.6) is 5.75 Å². The highest BCUT2D eigenvalue weighted by Crippen LogP contribution is 2.34. The second-order valence-corrected chi connectivity index (χ2v) is 9.56. The highest BCUT2D eigenvalue weighted by molar-refractivity contribution is 6.03. The summed E-state index contributed by atoms with van der Waals surface area (Å²) < 4.78 is 13.4. The van der Waals surface area contributed by atoms with Crippen LogP contribution in [0.3, 0.4) is 0 Å². The number of carbonyl (C=O) groups excluding carboxylic acids is 1. The number of nitrogens with two attached hydrogens (primary N) is 1. The van der Waals surface area contributed by atoms with Crippen LogP contribution in [-0.2, 0) is 11.8 Å². The van der Waals surface area contributed by atoms with Crippen LogP contribution in [0.4, 0.5) is 17.3 Å². The van der Waals surface area contributed by atoms with Crippen molar-refractivity contribution in [3.05, 3.63) is 59.9 Å². The number of benzene rings is 2. The average molecular weight is 503 g/mol. The van der Waals surface area contributed by atoms with E-state index in [2.05, 4.69) is 10.3 Å². The van der Waals surface area contributed by atoms with Crippen molar-refractivity contribution in [1.29, 1.82) is 0 Å². The molecule has 0 fully saturated rings. The van der Waals surface area contributed by atoms with Gasteiger partial charge in [-0.25, -0.2) is 14.8 Å². The first-order valence-electron chi connectivity index (χ1n) is 12.2. The third kappa shape index (κ3) is 5.83. The summed E-state index contributed by atoms with van der Waals surface area (Å²) in [4.78, 5) is 24.2. The molecule has 4 aromatic rings. The number of fused-ring (bicyclic) bond motifs is 1. The van der Waals surface area contributed by atoms with E-state index in [1.54, 1.807) is 0 Å². The normalized spacial score (nSPS) is 11.4. The zero-order chi connectivity index (χ0) is 26.7. The summed E-state index contributed by atoms with van der Waals surface area (Å²) in [6.45, 7) is 6.91. The van der Waals surface area contributed by atoms with E-state index in [4.69, 9.17) is 20.2 Å². The molecule has 0 aliphatic carbocycles. The van der Waals surface area contributed by atoms with Gasteiger partial charge in [0.1, 0.15) is 17.9 Å². The van der Waals surface area contributed by atoms with E-state index >= 15 is 0 Å². The number of esters is 1. The number of aryl methyl sites for hydroxylation is 2. The molecular formula is C28H34N6O3. The van der Waals surface area contributed by atoms with Gasteiger partial charge in [0, 0.05) is 48.1 Å². The maximum atomic E-state index is 13.0. The molecule has 0 spiro atoms. The van der Waals surface area contributed by atoms with Crippen LogP contribution >= 0.6 is 0 Å². The van der Waals surface area contributed by atoms with Crippen LogP contribution in [0, 0.1) is 6.92 Å². The van der Waals surface area contributed by atoms with Crippen molar-refractivity contribution in [3.63, 3.8) is 0 Å². The third-order valence-electron chi connectivity index (χ3n) is 5.90. The topological polar surface area (TPSA) is 108 Å². The van der Waals surface area contributed by atoms with Crippen LogP contribution in [0.25, 0.3) is 22.2 Å². The summed E-state index contributed by atoms with van der Waals surface area (Å²) in [6, 6.07) is 11.7. The highest BCUT2D eigenvalue weighted by Gasteiger charge is 2.22. The molecule has 9 heteroatoms. The van der Waals surface area contributed by atoms with Gasteiger partial charge >= 0.3 is 5.97 Å². The van der Waals surface area contributed by atoms with Gasteiger partial charge < -0.3 is 30.0 Å². The van der Waals surface area contributed by atoms with Crippen LogP contribution in [0.15, 0.2) is 48.8 Å². The molecule has 9 nitrogen and oxygen atoms in total. The lowest BCUT2D eigenvalue weighted by Gasteiger charge is -2.16. The monoisotopic (exact) mass is 502 g/mol. The van der Waals surface area contributed by atoms with Gasteiger partial charge in [0.05, 0.1) is 17.5 Å². The van der Waals surface area contributed by atoms with Gasteiger partial charge in [0.25, 0.3) is 0 Å². The Morgan fingerprint density at radius 3 is 2.70 bits per heavy atom. The molecule has 2 aromatic heterocycles. The predicted octanol–water partition coefficient (Wildman–Crippen LogP) is 4.78. The van der Waals surface area contributed by atoms with Gasteiger partial charge in [-0.2, -0.15) is 0 Å². The van der Waals surface area contributed by atoms with Crippen LogP contribution < -0.4 is 15.8 Å². The Kier molecular flexibility index (Phi) is 7.63. The molecule has 3 N–H and O–H groups in total. The second kappa shape index (κ2) is 10.9. The molecule has 0 saturated carbocycles. The van der Waals surface area contributed by atoms with Gasteiger partial charge in [-0.15, -0.1) is 0 Å². The number of likely N-dealkylation sites (N-methyl/N-ethyl adjacent to an activating group) is 1. The molecule has 0 atom stereocenters. The summed E-state index contributed by atoms with van der Waals surface area (Å²) in [7, 11) is 5.95. The lowest BCUT2D eigenvalue weighted by Crippen LogP contribution is -2.19. The van der Waals surface area contributed by atoms with Crippen LogP contribution in [-0.4, -0.2) is 58.8 Å². The Bertz CT molecular complexity index is 1430. The quantitative estimate of drug-likeness (QED) is 0.249. The minimum atomic E-state index is -0.468. The fourth-order valence-corrected chi connectivity index (χ4v) is 4.02. The number of nitrogens with one attached hydrogen (secondary N) is 1. The molecule has 0 bridgehead atoms. The second-order valence-electron chi connectivity index (χ2n) is 9.56. The molecule has 194 valence electrons. The molecule has 0 aliphatic heterocycles. The predicted molar refractivity (Wildman–Crippen MR) is 147 cm³/mol. The van der Waals surface area contributed by atoms with Crippen molar-refractivity contribution < 1.29 is 14.3 Å². The van der Waals surface area contributed by atoms with Gasteiger partial charge in [0.2, 0.25) is 5.95 Å². The number of para-hydroxylation sites is 1. The Labute approximate surface area is 217 Å². The summed E-state index contributed by atoms with van der Waals surface area (Å²) in [6.07, 6.45) is 3.20. The van der Waals surface area contributed by atoms with Crippen molar-refractivity contribution in [2.24, 2.45) is 7.05 Å². The zero-order valence-corrected chi connectivity index (χ0v) is 22.2. The Balaban J connectivity index is 1.72. The number of ether oxygens (including phenoxy) is 2. The van der Waals surface area contributed by atoms with Crippen molar-refractivity contribution in [2.75, 3.05) is 38.3 Å². The minimum Gasteiger partial charge on any atom is -0.490 e. The lowest BCUT2D eigenvalue weighted by molar-refractivity contribution is 0.0378. The molecule has 2 heterocycles. The summed E-state index contributed by atoms with van der Waals surface area (Å²) >= 11 is 0.